The monoisotopic (exact) mass is 403 g/mol. The molecule has 1 aliphatic rings. The maximum absolute atomic E-state index is 12.6. The van der Waals surface area contributed by atoms with Crippen LogP contribution < -0.4 is 10.1 Å². The van der Waals surface area contributed by atoms with E-state index in [-0.39, 0.29) is 16.9 Å². The third-order valence-corrected chi connectivity index (χ3v) is 4.12. The van der Waals surface area contributed by atoms with Crippen LogP contribution in [0, 0.1) is 6.92 Å². The molecule has 0 radical (unpaired) electrons. The third kappa shape index (κ3) is 5.90. The summed E-state index contributed by atoms with van der Waals surface area (Å²) in [6.45, 7) is 6.79. The summed E-state index contributed by atoms with van der Waals surface area (Å²) in [5, 5.41) is 3.02. The first-order chi connectivity index (χ1) is 12.8. The average Bonchev–Trinajstić information content (AvgIpc) is 3.27. The van der Waals surface area contributed by atoms with Gasteiger partial charge in [-0.1, -0.05) is 13.8 Å². The number of pyridine rings is 1. The molecule has 1 fully saturated rings. The highest BCUT2D eigenvalue weighted by Crippen LogP contribution is 2.31. The van der Waals surface area contributed by atoms with E-state index in [2.05, 4.69) is 15.3 Å². The number of halogens is 3. The molecular formula is C17H20F3N3O3S. The van der Waals surface area contributed by atoms with Gasteiger partial charge in [-0.05, 0) is 6.92 Å². The maximum atomic E-state index is 12.6. The van der Waals surface area contributed by atoms with Crippen molar-refractivity contribution in [1.29, 1.82) is 0 Å². The van der Waals surface area contributed by atoms with E-state index in [0.29, 0.717) is 36.0 Å². The molecule has 1 aliphatic heterocycles. The van der Waals surface area contributed by atoms with Gasteiger partial charge in [-0.3, -0.25) is 10.1 Å². The summed E-state index contributed by atoms with van der Waals surface area (Å²) in [6, 6.07) is 3.12. The van der Waals surface area contributed by atoms with Crippen molar-refractivity contribution < 1.29 is 27.4 Å². The highest BCUT2D eigenvalue weighted by Gasteiger charge is 2.34. The highest BCUT2D eigenvalue weighted by atomic mass is 32.1. The van der Waals surface area contributed by atoms with E-state index >= 15 is 0 Å². The molecule has 3 heterocycles. The number of aryl methyl sites for hydroxylation is 1. The quantitative estimate of drug-likeness (QED) is 0.824. The SMILES string of the molecule is CC.Cc1cc(OC2CCOC2)cc(C(=O)Nc2nc(C(F)(F)F)cs2)n1. The third-order valence-electron chi connectivity index (χ3n) is 3.37. The van der Waals surface area contributed by atoms with Crippen molar-refractivity contribution in [1.82, 2.24) is 9.97 Å². The molecule has 0 saturated carbocycles. The number of amides is 1. The van der Waals surface area contributed by atoms with Gasteiger partial charge in [-0.25, -0.2) is 9.97 Å². The summed E-state index contributed by atoms with van der Waals surface area (Å²) >= 11 is 0.695. The number of anilines is 1. The van der Waals surface area contributed by atoms with E-state index in [1.807, 2.05) is 13.8 Å². The number of aromatic nitrogens is 2. The van der Waals surface area contributed by atoms with Crippen molar-refractivity contribution in [3.63, 3.8) is 0 Å². The lowest BCUT2D eigenvalue weighted by Gasteiger charge is -2.13. The molecule has 0 bridgehead atoms. The van der Waals surface area contributed by atoms with Crippen LogP contribution >= 0.6 is 11.3 Å². The lowest BCUT2D eigenvalue weighted by molar-refractivity contribution is -0.140. The van der Waals surface area contributed by atoms with Gasteiger partial charge in [0.1, 0.15) is 17.5 Å². The second kappa shape index (κ2) is 9.14. The Bertz CT molecular complexity index is 774. The van der Waals surface area contributed by atoms with E-state index in [1.54, 1.807) is 13.0 Å². The van der Waals surface area contributed by atoms with Crippen LogP contribution in [0.5, 0.6) is 5.75 Å². The Morgan fingerprint density at radius 1 is 1.33 bits per heavy atom. The summed E-state index contributed by atoms with van der Waals surface area (Å²) < 4.78 is 48.6. The molecule has 0 spiro atoms. The Balaban J connectivity index is 0.00000126. The molecule has 1 saturated heterocycles. The standard InChI is InChI=1S/C15H14F3N3O3S.C2H6/c1-8-4-10(24-9-2-3-23-6-9)5-11(19-8)13(22)21-14-20-12(7-25-14)15(16,17)18;1-2/h4-5,7,9H,2-3,6H2,1H3,(H,20,21,22);1-2H3. The molecule has 0 aromatic carbocycles. The van der Waals surface area contributed by atoms with Crippen molar-refractivity contribution in [3.05, 3.63) is 34.6 Å². The zero-order chi connectivity index (χ0) is 20.0. The summed E-state index contributed by atoms with van der Waals surface area (Å²) in [6.07, 6.45) is -3.89. The van der Waals surface area contributed by atoms with Crippen molar-refractivity contribution in [2.75, 3.05) is 18.5 Å². The number of ether oxygens (including phenoxy) is 2. The van der Waals surface area contributed by atoms with E-state index in [9.17, 15) is 18.0 Å². The summed E-state index contributed by atoms with van der Waals surface area (Å²) in [4.78, 5) is 19.7. The zero-order valence-electron chi connectivity index (χ0n) is 15.1. The molecule has 148 valence electrons. The number of carbonyl (C=O) groups is 1. The van der Waals surface area contributed by atoms with Crippen molar-refractivity contribution in [2.45, 2.75) is 39.5 Å². The number of thiazole rings is 1. The Hall–Kier alpha value is -2.20. The van der Waals surface area contributed by atoms with Crippen molar-refractivity contribution in [2.24, 2.45) is 0 Å². The van der Waals surface area contributed by atoms with Crippen LogP contribution in [0.4, 0.5) is 18.3 Å². The van der Waals surface area contributed by atoms with E-state index in [1.165, 1.54) is 6.07 Å². The Kier molecular flexibility index (Phi) is 7.14. The van der Waals surface area contributed by atoms with Crippen LogP contribution in [-0.4, -0.2) is 35.2 Å². The predicted octanol–water partition coefficient (Wildman–Crippen LogP) is 4.31. The molecule has 2 aromatic rings. The van der Waals surface area contributed by atoms with Crippen LogP contribution in [0.2, 0.25) is 0 Å². The largest absolute Gasteiger partial charge is 0.488 e. The van der Waals surface area contributed by atoms with Gasteiger partial charge in [-0.15, -0.1) is 11.3 Å². The van der Waals surface area contributed by atoms with E-state index in [0.717, 1.165) is 11.8 Å². The minimum absolute atomic E-state index is 0.0395. The Labute approximate surface area is 158 Å². The van der Waals surface area contributed by atoms with Gasteiger partial charge < -0.3 is 9.47 Å². The minimum Gasteiger partial charge on any atom is -0.488 e. The molecule has 10 heteroatoms. The van der Waals surface area contributed by atoms with Gasteiger partial charge in [0, 0.05) is 29.6 Å². The number of carbonyl (C=O) groups excluding carboxylic acids is 1. The predicted molar refractivity (Wildman–Crippen MR) is 95.2 cm³/mol. The fourth-order valence-electron chi connectivity index (χ4n) is 2.24. The molecule has 2 aromatic heterocycles. The molecule has 0 aliphatic carbocycles. The van der Waals surface area contributed by atoms with Crippen LogP contribution in [-0.2, 0) is 10.9 Å². The Morgan fingerprint density at radius 3 is 2.67 bits per heavy atom. The molecule has 6 nitrogen and oxygen atoms in total. The Morgan fingerprint density at radius 2 is 2.07 bits per heavy atom. The number of nitrogens with zero attached hydrogens (tertiary/aromatic N) is 2. The number of rotatable bonds is 4. The topological polar surface area (TPSA) is 73.3 Å². The minimum atomic E-state index is -4.55. The number of alkyl halides is 3. The van der Waals surface area contributed by atoms with E-state index in [4.69, 9.17) is 9.47 Å². The molecule has 1 amide bonds. The second-order valence-corrected chi connectivity index (χ2v) is 6.28. The normalized spacial score (nSPS) is 16.4. The first-order valence-electron chi connectivity index (χ1n) is 8.38. The summed E-state index contributed by atoms with van der Waals surface area (Å²) in [7, 11) is 0. The number of nitrogens with one attached hydrogen (secondary N) is 1. The average molecular weight is 403 g/mol. The molecule has 3 rings (SSSR count). The van der Waals surface area contributed by atoms with Gasteiger partial charge in [0.15, 0.2) is 10.8 Å². The van der Waals surface area contributed by atoms with Crippen LogP contribution in [0.1, 0.15) is 42.1 Å². The molecule has 27 heavy (non-hydrogen) atoms. The van der Waals surface area contributed by atoms with Gasteiger partial charge >= 0.3 is 6.18 Å². The second-order valence-electron chi connectivity index (χ2n) is 5.42. The summed E-state index contributed by atoms with van der Waals surface area (Å²) in [5.74, 6) is -0.192. The van der Waals surface area contributed by atoms with Crippen LogP contribution in [0.25, 0.3) is 0 Å². The van der Waals surface area contributed by atoms with Gasteiger partial charge in [0.05, 0.1) is 13.2 Å². The van der Waals surface area contributed by atoms with Gasteiger partial charge in [0.25, 0.3) is 5.91 Å². The smallest absolute Gasteiger partial charge is 0.434 e. The van der Waals surface area contributed by atoms with Crippen molar-refractivity contribution in [3.8, 4) is 5.75 Å². The van der Waals surface area contributed by atoms with Crippen molar-refractivity contribution >= 4 is 22.4 Å². The van der Waals surface area contributed by atoms with Crippen LogP contribution in [0.3, 0.4) is 0 Å². The fourth-order valence-corrected chi connectivity index (χ4v) is 2.95. The zero-order valence-corrected chi connectivity index (χ0v) is 15.9. The van der Waals surface area contributed by atoms with Gasteiger partial charge in [-0.2, -0.15) is 13.2 Å². The van der Waals surface area contributed by atoms with Crippen LogP contribution in [0.15, 0.2) is 17.5 Å². The fraction of sp³-hybridized carbons (Fsp3) is 0.471. The highest BCUT2D eigenvalue weighted by molar-refractivity contribution is 7.14. The lowest BCUT2D eigenvalue weighted by Crippen LogP contribution is -2.18. The molecule has 1 atom stereocenters. The summed E-state index contributed by atoms with van der Waals surface area (Å²) in [5.41, 5.74) is -0.454. The number of hydrogen-bond donors (Lipinski definition) is 1. The molecule has 1 N–H and O–H groups in total. The molecular weight excluding hydrogens is 383 g/mol. The first-order valence-corrected chi connectivity index (χ1v) is 9.26. The number of hydrogen-bond acceptors (Lipinski definition) is 6. The first kappa shape index (κ1) is 21.1. The lowest BCUT2D eigenvalue weighted by atomic mass is 10.2. The van der Waals surface area contributed by atoms with E-state index < -0.39 is 17.8 Å². The molecule has 1 unspecified atom stereocenters. The maximum Gasteiger partial charge on any atom is 0.434 e. The van der Waals surface area contributed by atoms with Gasteiger partial charge in [0.2, 0.25) is 0 Å².